The number of piperazine rings is 1. The predicted molar refractivity (Wildman–Crippen MR) is 78.7 cm³/mol. The van der Waals surface area contributed by atoms with Crippen LogP contribution in [0.15, 0.2) is 18.2 Å². The van der Waals surface area contributed by atoms with Crippen LogP contribution in [0.3, 0.4) is 0 Å². The Kier molecular flexibility index (Phi) is 5.19. The number of ether oxygens (including phenoxy) is 1. The lowest BCUT2D eigenvalue weighted by molar-refractivity contribution is 0.235. The highest BCUT2D eigenvalue weighted by atomic mass is 16.5. The van der Waals surface area contributed by atoms with Crippen LogP contribution in [-0.4, -0.2) is 51.3 Å². The van der Waals surface area contributed by atoms with Crippen molar-refractivity contribution in [1.29, 1.82) is 0 Å². The van der Waals surface area contributed by atoms with Gasteiger partial charge >= 0.3 is 0 Å². The van der Waals surface area contributed by atoms with Gasteiger partial charge in [-0.1, -0.05) is 12.1 Å². The average Bonchev–Trinajstić information content (AvgIpc) is 2.39. The molecule has 1 fully saturated rings. The molecule has 2 rings (SSSR count). The highest BCUT2D eigenvalue weighted by molar-refractivity contribution is 5.36. The fourth-order valence-corrected chi connectivity index (χ4v) is 2.57. The summed E-state index contributed by atoms with van der Waals surface area (Å²) >= 11 is 0. The zero-order valence-electron chi connectivity index (χ0n) is 12.2. The SMILES string of the molecule is COc1ccc(CNCC2CN(C)CCN2)cc1C. The minimum Gasteiger partial charge on any atom is -0.496 e. The lowest BCUT2D eigenvalue weighted by Gasteiger charge is -2.31. The third kappa shape index (κ3) is 4.20. The molecule has 1 saturated heterocycles. The molecular formula is C15H25N3O. The summed E-state index contributed by atoms with van der Waals surface area (Å²) in [5, 5.41) is 7.07. The van der Waals surface area contributed by atoms with Crippen LogP contribution in [0.1, 0.15) is 11.1 Å². The van der Waals surface area contributed by atoms with Crippen molar-refractivity contribution in [2.75, 3.05) is 40.3 Å². The van der Waals surface area contributed by atoms with Crippen LogP contribution in [0.25, 0.3) is 0 Å². The summed E-state index contributed by atoms with van der Waals surface area (Å²) in [6, 6.07) is 6.91. The van der Waals surface area contributed by atoms with E-state index in [2.05, 4.69) is 41.6 Å². The molecule has 4 heteroatoms. The highest BCUT2D eigenvalue weighted by Gasteiger charge is 2.15. The van der Waals surface area contributed by atoms with Gasteiger partial charge in [-0.25, -0.2) is 0 Å². The van der Waals surface area contributed by atoms with Gasteiger partial charge in [0.15, 0.2) is 0 Å². The van der Waals surface area contributed by atoms with Crippen LogP contribution in [0, 0.1) is 6.92 Å². The maximum absolute atomic E-state index is 5.28. The summed E-state index contributed by atoms with van der Waals surface area (Å²) in [6.07, 6.45) is 0. The second-order valence-electron chi connectivity index (χ2n) is 5.35. The highest BCUT2D eigenvalue weighted by Crippen LogP contribution is 2.18. The summed E-state index contributed by atoms with van der Waals surface area (Å²) in [7, 11) is 3.90. The smallest absolute Gasteiger partial charge is 0.121 e. The standard InChI is InChI=1S/C15H25N3O/c1-12-8-13(4-5-15(12)19-3)9-16-10-14-11-18(2)7-6-17-14/h4-5,8,14,16-17H,6-7,9-11H2,1-3H3. The fraction of sp³-hybridized carbons (Fsp3) is 0.600. The van der Waals surface area contributed by atoms with Crippen LogP contribution in [0.4, 0.5) is 0 Å². The molecule has 0 radical (unpaired) electrons. The van der Waals surface area contributed by atoms with E-state index in [4.69, 9.17) is 4.74 Å². The molecule has 1 aliphatic heterocycles. The zero-order chi connectivity index (χ0) is 13.7. The molecule has 106 valence electrons. The van der Waals surface area contributed by atoms with Crippen LogP contribution in [0.5, 0.6) is 5.75 Å². The monoisotopic (exact) mass is 263 g/mol. The molecule has 0 aliphatic carbocycles. The third-order valence-corrected chi connectivity index (χ3v) is 3.64. The van der Waals surface area contributed by atoms with E-state index in [1.54, 1.807) is 7.11 Å². The van der Waals surface area contributed by atoms with Gasteiger partial charge in [0.05, 0.1) is 7.11 Å². The number of likely N-dealkylation sites (N-methyl/N-ethyl adjacent to an activating group) is 1. The number of hydrogen-bond acceptors (Lipinski definition) is 4. The number of benzene rings is 1. The van der Waals surface area contributed by atoms with Gasteiger partial charge in [-0.3, -0.25) is 0 Å². The third-order valence-electron chi connectivity index (χ3n) is 3.64. The molecule has 1 unspecified atom stereocenters. The first-order chi connectivity index (χ1) is 9.19. The first kappa shape index (κ1) is 14.3. The molecule has 1 heterocycles. The largest absolute Gasteiger partial charge is 0.496 e. The Balaban J connectivity index is 1.77. The van der Waals surface area contributed by atoms with Gasteiger partial charge in [0.1, 0.15) is 5.75 Å². The second kappa shape index (κ2) is 6.89. The molecule has 1 atom stereocenters. The van der Waals surface area contributed by atoms with Gasteiger partial charge in [0.25, 0.3) is 0 Å². The molecule has 1 aliphatic rings. The molecule has 1 aromatic rings. The Morgan fingerprint density at radius 3 is 3.00 bits per heavy atom. The summed E-state index contributed by atoms with van der Waals surface area (Å²) < 4.78 is 5.28. The van der Waals surface area contributed by atoms with Crippen molar-refractivity contribution in [1.82, 2.24) is 15.5 Å². The lowest BCUT2D eigenvalue weighted by atomic mass is 10.1. The zero-order valence-corrected chi connectivity index (χ0v) is 12.2. The van der Waals surface area contributed by atoms with Crippen LogP contribution in [-0.2, 0) is 6.54 Å². The first-order valence-electron chi connectivity index (χ1n) is 6.95. The van der Waals surface area contributed by atoms with Gasteiger partial charge in [-0.2, -0.15) is 0 Å². The van der Waals surface area contributed by atoms with E-state index in [1.165, 1.54) is 11.1 Å². The molecule has 0 aromatic heterocycles. The van der Waals surface area contributed by atoms with Crippen LogP contribution in [0.2, 0.25) is 0 Å². The number of hydrogen-bond donors (Lipinski definition) is 2. The van der Waals surface area contributed by atoms with E-state index in [1.807, 2.05) is 6.07 Å². The van der Waals surface area contributed by atoms with Gasteiger partial charge in [0.2, 0.25) is 0 Å². The number of methoxy groups -OCH3 is 1. The molecule has 2 N–H and O–H groups in total. The summed E-state index contributed by atoms with van der Waals surface area (Å²) in [6.45, 7) is 7.36. The van der Waals surface area contributed by atoms with E-state index in [9.17, 15) is 0 Å². The summed E-state index contributed by atoms with van der Waals surface area (Å²) in [5.41, 5.74) is 2.50. The average molecular weight is 263 g/mol. The predicted octanol–water partition coefficient (Wildman–Crippen LogP) is 0.997. The van der Waals surface area contributed by atoms with Crippen molar-refractivity contribution in [2.24, 2.45) is 0 Å². The maximum Gasteiger partial charge on any atom is 0.121 e. The molecule has 0 saturated carbocycles. The minimum atomic E-state index is 0.554. The topological polar surface area (TPSA) is 36.5 Å². The van der Waals surface area contributed by atoms with E-state index in [-0.39, 0.29) is 0 Å². The second-order valence-corrected chi connectivity index (χ2v) is 5.35. The Morgan fingerprint density at radius 1 is 1.47 bits per heavy atom. The Morgan fingerprint density at radius 2 is 2.32 bits per heavy atom. The van der Waals surface area contributed by atoms with Crippen molar-refractivity contribution in [3.05, 3.63) is 29.3 Å². The Labute approximate surface area is 116 Å². The lowest BCUT2D eigenvalue weighted by Crippen LogP contribution is -2.52. The molecule has 0 spiro atoms. The van der Waals surface area contributed by atoms with Gasteiger partial charge in [0, 0.05) is 38.8 Å². The first-order valence-corrected chi connectivity index (χ1v) is 6.95. The quantitative estimate of drug-likeness (QED) is 0.831. The van der Waals surface area contributed by atoms with Crippen molar-refractivity contribution in [3.8, 4) is 5.75 Å². The maximum atomic E-state index is 5.28. The number of nitrogens with one attached hydrogen (secondary N) is 2. The van der Waals surface area contributed by atoms with Crippen LogP contribution < -0.4 is 15.4 Å². The number of rotatable bonds is 5. The normalized spacial score (nSPS) is 20.5. The van der Waals surface area contributed by atoms with Gasteiger partial charge < -0.3 is 20.3 Å². The molecule has 19 heavy (non-hydrogen) atoms. The number of aryl methyl sites for hydroxylation is 1. The molecule has 0 amide bonds. The molecular weight excluding hydrogens is 238 g/mol. The van der Waals surface area contributed by atoms with E-state index >= 15 is 0 Å². The minimum absolute atomic E-state index is 0.554. The molecule has 1 aromatic carbocycles. The van der Waals surface area contributed by atoms with Crippen molar-refractivity contribution < 1.29 is 4.74 Å². The fourth-order valence-electron chi connectivity index (χ4n) is 2.57. The van der Waals surface area contributed by atoms with Crippen molar-refractivity contribution >= 4 is 0 Å². The van der Waals surface area contributed by atoms with Crippen molar-refractivity contribution in [3.63, 3.8) is 0 Å². The van der Waals surface area contributed by atoms with Crippen molar-refractivity contribution in [2.45, 2.75) is 19.5 Å². The Hall–Kier alpha value is -1.10. The van der Waals surface area contributed by atoms with E-state index in [0.29, 0.717) is 6.04 Å². The molecule has 4 nitrogen and oxygen atoms in total. The summed E-state index contributed by atoms with van der Waals surface area (Å²) in [4.78, 5) is 2.38. The van der Waals surface area contributed by atoms with Crippen LogP contribution >= 0.6 is 0 Å². The van der Waals surface area contributed by atoms with E-state index < -0.39 is 0 Å². The number of nitrogens with zero attached hydrogens (tertiary/aromatic N) is 1. The Bertz CT molecular complexity index is 408. The summed E-state index contributed by atoms with van der Waals surface area (Å²) in [5.74, 6) is 0.958. The molecule has 0 bridgehead atoms. The van der Waals surface area contributed by atoms with Gasteiger partial charge in [-0.05, 0) is 31.2 Å². The van der Waals surface area contributed by atoms with E-state index in [0.717, 1.165) is 38.5 Å². The van der Waals surface area contributed by atoms with Gasteiger partial charge in [-0.15, -0.1) is 0 Å².